The van der Waals surface area contributed by atoms with Crippen LogP contribution in [0.1, 0.15) is 5.56 Å². The molecule has 0 atom stereocenters. The molecule has 22 heavy (non-hydrogen) atoms. The Morgan fingerprint density at radius 1 is 0.864 bits per heavy atom. The summed E-state index contributed by atoms with van der Waals surface area (Å²) in [5.74, 6) is -3.94. The molecule has 0 radical (unpaired) electrons. The fourth-order valence-corrected chi connectivity index (χ4v) is 1.83. The predicted octanol–water partition coefficient (Wildman–Crippen LogP) is 2.26. The summed E-state index contributed by atoms with van der Waals surface area (Å²) in [5, 5.41) is 4.32. The lowest BCUT2D eigenvalue weighted by Crippen LogP contribution is -2.36. The lowest BCUT2D eigenvalue weighted by molar-refractivity contribution is -0.136. The largest absolute Gasteiger partial charge is 0.347 e. The molecule has 0 saturated heterocycles. The molecule has 0 spiro atoms. The number of para-hydroxylation sites is 1. The minimum Gasteiger partial charge on any atom is -0.347 e. The monoisotopic (exact) mass is 304 g/mol. The van der Waals surface area contributed by atoms with Gasteiger partial charge in [0.1, 0.15) is 17.3 Å². The summed E-state index contributed by atoms with van der Waals surface area (Å²) in [6.45, 7) is 0.246. The molecule has 0 aliphatic rings. The lowest BCUT2D eigenvalue weighted by atomic mass is 10.1. The van der Waals surface area contributed by atoms with Crippen molar-refractivity contribution in [2.75, 3.05) is 11.9 Å². The van der Waals surface area contributed by atoms with Gasteiger partial charge in [0, 0.05) is 6.54 Å². The normalized spacial score (nSPS) is 10.1. The quantitative estimate of drug-likeness (QED) is 0.851. The van der Waals surface area contributed by atoms with Crippen LogP contribution in [0.2, 0.25) is 0 Å². The van der Waals surface area contributed by atoms with Crippen molar-refractivity contribution >= 4 is 17.5 Å². The Morgan fingerprint density at radius 2 is 1.50 bits per heavy atom. The molecule has 0 bridgehead atoms. The fraction of sp³-hybridized carbons (Fsp3) is 0.125. The highest BCUT2D eigenvalue weighted by Crippen LogP contribution is 2.17. The van der Waals surface area contributed by atoms with Gasteiger partial charge in [-0.3, -0.25) is 9.59 Å². The first-order valence-electron chi connectivity index (χ1n) is 6.65. The predicted molar refractivity (Wildman–Crippen MR) is 78.1 cm³/mol. The van der Waals surface area contributed by atoms with E-state index in [1.165, 1.54) is 6.07 Å². The van der Waals surface area contributed by atoms with Gasteiger partial charge in [-0.1, -0.05) is 36.4 Å². The van der Waals surface area contributed by atoms with Crippen LogP contribution in [0.25, 0.3) is 0 Å². The van der Waals surface area contributed by atoms with Gasteiger partial charge in [-0.15, -0.1) is 0 Å². The molecular weight excluding hydrogens is 290 g/mol. The maximum Gasteiger partial charge on any atom is 0.313 e. The number of anilines is 1. The molecule has 2 aromatic rings. The van der Waals surface area contributed by atoms with Crippen molar-refractivity contribution in [2.45, 2.75) is 6.42 Å². The number of carbonyl (C=O) groups is 2. The molecule has 2 rings (SSSR count). The van der Waals surface area contributed by atoms with E-state index in [0.29, 0.717) is 6.42 Å². The highest BCUT2D eigenvalue weighted by molar-refractivity contribution is 6.39. The van der Waals surface area contributed by atoms with Crippen molar-refractivity contribution in [1.29, 1.82) is 0 Å². The molecule has 2 amide bonds. The summed E-state index contributed by atoms with van der Waals surface area (Å²) < 4.78 is 26.7. The number of carbonyl (C=O) groups excluding carboxylic acids is 2. The summed E-state index contributed by atoms with van der Waals surface area (Å²) in [4.78, 5) is 23.2. The van der Waals surface area contributed by atoms with Gasteiger partial charge in [0.2, 0.25) is 0 Å². The number of benzene rings is 2. The molecular formula is C16H14F2N2O2. The molecule has 0 aromatic heterocycles. The molecule has 0 aliphatic heterocycles. The van der Waals surface area contributed by atoms with Crippen LogP contribution in [0.5, 0.6) is 0 Å². The van der Waals surface area contributed by atoms with E-state index >= 15 is 0 Å². The van der Waals surface area contributed by atoms with Crippen molar-refractivity contribution < 1.29 is 18.4 Å². The third kappa shape index (κ3) is 4.12. The Hall–Kier alpha value is -2.76. The van der Waals surface area contributed by atoms with Crippen molar-refractivity contribution in [3.8, 4) is 0 Å². The highest BCUT2D eigenvalue weighted by atomic mass is 19.1. The summed E-state index contributed by atoms with van der Waals surface area (Å²) in [5.41, 5.74) is 0.370. The average molecular weight is 304 g/mol. The topological polar surface area (TPSA) is 58.2 Å². The molecule has 2 aromatic carbocycles. The van der Waals surface area contributed by atoms with E-state index in [1.54, 1.807) is 0 Å². The van der Waals surface area contributed by atoms with Crippen LogP contribution in [0.15, 0.2) is 48.5 Å². The maximum atomic E-state index is 13.4. The van der Waals surface area contributed by atoms with Gasteiger partial charge in [-0.05, 0) is 24.1 Å². The zero-order valence-electron chi connectivity index (χ0n) is 11.6. The molecule has 2 N–H and O–H groups in total. The first-order valence-corrected chi connectivity index (χ1v) is 6.65. The fourth-order valence-electron chi connectivity index (χ4n) is 1.83. The number of hydrogen-bond donors (Lipinski definition) is 2. The van der Waals surface area contributed by atoms with Gasteiger partial charge in [0.15, 0.2) is 0 Å². The molecule has 0 saturated carbocycles. The Labute approximate surface area is 126 Å². The SMILES string of the molecule is O=C(NCCc1ccccc1)C(=O)Nc1c(F)cccc1F. The summed E-state index contributed by atoms with van der Waals surface area (Å²) in [6.07, 6.45) is 0.550. The second-order valence-electron chi connectivity index (χ2n) is 4.54. The highest BCUT2D eigenvalue weighted by Gasteiger charge is 2.17. The van der Waals surface area contributed by atoms with Crippen LogP contribution >= 0.6 is 0 Å². The Balaban J connectivity index is 1.86. The van der Waals surface area contributed by atoms with E-state index in [-0.39, 0.29) is 6.54 Å². The molecule has 114 valence electrons. The molecule has 0 heterocycles. The number of halogens is 2. The molecule has 4 nitrogen and oxygen atoms in total. The van der Waals surface area contributed by atoms with E-state index in [9.17, 15) is 18.4 Å². The van der Waals surface area contributed by atoms with E-state index in [2.05, 4.69) is 5.32 Å². The van der Waals surface area contributed by atoms with Crippen molar-refractivity contribution in [1.82, 2.24) is 5.32 Å². The van der Waals surface area contributed by atoms with Crippen LogP contribution < -0.4 is 10.6 Å². The van der Waals surface area contributed by atoms with Gasteiger partial charge in [-0.2, -0.15) is 0 Å². The van der Waals surface area contributed by atoms with Gasteiger partial charge in [0.05, 0.1) is 0 Å². The Bertz CT molecular complexity index is 655. The maximum absolute atomic E-state index is 13.4. The van der Waals surface area contributed by atoms with Gasteiger partial charge in [0.25, 0.3) is 0 Å². The number of amides is 2. The number of rotatable bonds is 4. The summed E-state index contributed by atoms with van der Waals surface area (Å²) in [7, 11) is 0. The Morgan fingerprint density at radius 3 is 2.14 bits per heavy atom. The molecule has 6 heteroatoms. The minimum absolute atomic E-state index is 0.246. The van der Waals surface area contributed by atoms with Gasteiger partial charge < -0.3 is 10.6 Å². The molecule has 0 fully saturated rings. The van der Waals surface area contributed by atoms with Crippen LogP contribution in [-0.4, -0.2) is 18.4 Å². The number of hydrogen-bond acceptors (Lipinski definition) is 2. The minimum atomic E-state index is -1.11. The van der Waals surface area contributed by atoms with Crippen LogP contribution in [0, 0.1) is 11.6 Å². The third-order valence-electron chi connectivity index (χ3n) is 2.95. The second kappa shape index (κ2) is 7.31. The van der Waals surface area contributed by atoms with Gasteiger partial charge >= 0.3 is 11.8 Å². The zero-order valence-corrected chi connectivity index (χ0v) is 11.6. The first kappa shape index (κ1) is 15.6. The second-order valence-corrected chi connectivity index (χ2v) is 4.54. The summed E-state index contributed by atoms with van der Waals surface area (Å²) in [6, 6.07) is 12.5. The van der Waals surface area contributed by atoms with E-state index in [0.717, 1.165) is 17.7 Å². The molecule has 0 unspecified atom stereocenters. The lowest BCUT2D eigenvalue weighted by Gasteiger charge is -2.08. The summed E-state index contributed by atoms with van der Waals surface area (Å²) >= 11 is 0. The van der Waals surface area contributed by atoms with E-state index in [4.69, 9.17) is 0 Å². The number of nitrogens with one attached hydrogen (secondary N) is 2. The smallest absolute Gasteiger partial charge is 0.313 e. The zero-order chi connectivity index (χ0) is 15.9. The average Bonchev–Trinajstić information content (AvgIpc) is 2.52. The van der Waals surface area contributed by atoms with Crippen molar-refractivity contribution in [3.63, 3.8) is 0 Å². The van der Waals surface area contributed by atoms with Crippen molar-refractivity contribution in [3.05, 3.63) is 65.7 Å². The van der Waals surface area contributed by atoms with Crippen LogP contribution in [0.4, 0.5) is 14.5 Å². The van der Waals surface area contributed by atoms with Gasteiger partial charge in [-0.25, -0.2) is 8.78 Å². The standard InChI is InChI=1S/C16H14F2N2O2/c17-12-7-4-8-13(18)14(12)20-16(22)15(21)19-10-9-11-5-2-1-3-6-11/h1-8H,9-10H2,(H,19,21)(H,20,22). The Kier molecular flexibility index (Phi) is 5.19. The van der Waals surface area contributed by atoms with E-state index < -0.39 is 29.1 Å². The van der Waals surface area contributed by atoms with E-state index in [1.807, 2.05) is 35.6 Å². The van der Waals surface area contributed by atoms with Crippen molar-refractivity contribution in [2.24, 2.45) is 0 Å². The third-order valence-corrected chi connectivity index (χ3v) is 2.95. The first-order chi connectivity index (χ1) is 10.6. The van der Waals surface area contributed by atoms with Crippen LogP contribution in [0.3, 0.4) is 0 Å². The van der Waals surface area contributed by atoms with Crippen LogP contribution in [-0.2, 0) is 16.0 Å². The molecule has 0 aliphatic carbocycles.